The molecule has 9 nitrogen and oxygen atoms in total. The Morgan fingerprint density at radius 1 is 1.04 bits per heavy atom. The van der Waals surface area contributed by atoms with E-state index in [2.05, 4.69) is 0 Å². The molecule has 0 aliphatic rings. The van der Waals surface area contributed by atoms with Crippen molar-refractivity contribution >= 4 is 17.9 Å². The highest BCUT2D eigenvalue weighted by molar-refractivity contribution is 5.70. The van der Waals surface area contributed by atoms with Crippen molar-refractivity contribution in [3.8, 4) is 0 Å². The van der Waals surface area contributed by atoms with Crippen LogP contribution in [0.5, 0.6) is 0 Å². The van der Waals surface area contributed by atoms with Crippen molar-refractivity contribution < 1.29 is 34.3 Å². The largest absolute Gasteiger partial charge is 0.481 e. The number of ether oxygens (including phenoxy) is 1. The fourth-order valence-electron chi connectivity index (χ4n) is 2.07. The summed E-state index contributed by atoms with van der Waals surface area (Å²) < 4.78 is 4.91. The van der Waals surface area contributed by atoms with Crippen LogP contribution in [0.4, 0.5) is 0 Å². The van der Waals surface area contributed by atoms with Crippen molar-refractivity contribution in [2.75, 3.05) is 6.61 Å². The van der Waals surface area contributed by atoms with Gasteiger partial charge in [-0.15, -0.1) is 0 Å². The monoisotopic (exact) mass is 333 g/mol. The number of carboxylic acids is 2. The summed E-state index contributed by atoms with van der Waals surface area (Å²) in [7, 11) is 0. The molecular weight excluding hydrogens is 310 g/mol. The molecule has 0 radical (unpaired) electrons. The number of rotatable bonds is 13. The predicted molar refractivity (Wildman–Crippen MR) is 78.6 cm³/mol. The molecule has 0 atom stereocenters. The Morgan fingerprint density at radius 2 is 1.52 bits per heavy atom. The number of hydrogen-bond acceptors (Lipinski definition) is 6. The normalized spacial score (nSPS) is 11.0. The molecule has 0 heterocycles. The summed E-state index contributed by atoms with van der Waals surface area (Å²) in [6.45, 7) is 2.15. The first-order valence-corrected chi connectivity index (χ1v) is 7.47. The van der Waals surface area contributed by atoms with E-state index < -0.39 is 41.2 Å². The number of carbonyl (C=O) groups excluding carboxylic acids is 1. The second kappa shape index (κ2) is 10.5. The van der Waals surface area contributed by atoms with Crippen LogP contribution in [0, 0.1) is 10.1 Å². The van der Waals surface area contributed by atoms with Crippen LogP contribution < -0.4 is 0 Å². The summed E-state index contributed by atoms with van der Waals surface area (Å²) >= 11 is 0. The molecule has 0 bridgehead atoms. The van der Waals surface area contributed by atoms with Gasteiger partial charge in [-0.1, -0.05) is 13.3 Å². The first kappa shape index (κ1) is 20.8. The van der Waals surface area contributed by atoms with Gasteiger partial charge >= 0.3 is 17.9 Å². The quantitative estimate of drug-likeness (QED) is 0.225. The van der Waals surface area contributed by atoms with E-state index in [0.717, 1.165) is 6.42 Å². The van der Waals surface area contributed by atoms with E-state index in [-0.39, 0.29) is 32.3 Å². The number of unbranched alkanes of at least 4 members (excludes halogenated alkanes) is 1. The van der Waals surface area contributed by atoms with Crippen LogP contribution in [0.15, 0.2) is 0 Å². The molecule has 0 aromatic carbocycles. The molecule has 0 aromatic rings. The number of carboxylic acid groups (broad SMARTS) is 2. The summed E-state index contributed by atoms with van der Waals surface area (Å²) in [5.41, 5.74) is -1.75. The third-order valence-electron chi connectivity index (χ3n) is 3.55. The van der Waals surface area contributed by atoms with Gasteiger partial charge in [0.2, 0.25) is 5.54 Å². The summed E-state index contributed by atoms with van der Waals surface area (Å²) in [6.07, 6.45) is -0.560. The number of nitro groups is 1. The molecule has 9 heteroatoms. The van der Waals surface area contributed by atoms with E-state index in [9.17, 15) is 24.5 Å². The molecule has 0 fully saturated rings. The van der Waals surface area contributed by atoms with Crippen molar-refractivity contribution in [2.45, 2.75) is 63.8 Å². The lowest BCUT2D eigenvalue weighted by atomic mass is 9.84. The number of esters is 1. The van der Waals surface area contributed by atoms with Gasteiger partial charge in [-0.05, 0) is 6.42 Å². The zero-order chi connectivity index (χ0) is 17.9. The lowest BCUT2D eigenvalue weighted by molar-refractivity contribution is -0.573. The second-order valence-electron chi connectivity index (χ2n) is 5.34. The third-order valence-corrected chi connectivity index (χ3v) is 3.55. The Balaban J connectivity index is 4.84. The molecule has 0 rings (SSSR count). The minimum absolute atomic E-state index is 0.227. The van der Waals surface area contributed by atoms with E-state index in [0.29, 0.717) is 6.42 Å². The highest BCUT2D eigenvalue weighted by atomic mass is 16.6. The fraction of sp³-hybridized carbons (Fsp3) is 0.786. The lowest BCUT2D eigenvalue weighted by Gasteiger charge is -2.24. The molecule has 0 spiro atoms. The van der Waals surface area contributed by atoms with Crippen molar-refractivity contribution in [2.24, 2.45) is 0 Å². The molecule has 0 aliphatic heterocycles. The van der Waals surface area contributed by atoms with Crippen LogP contribution >= 0.6 is 0 Å². The first-order chi connectivity index (χ1) is 10.7. The Hall–Kier alpha value is -2.19. The molecular formula is C14H23NO8. The van der Waals surface area contributed by atoms with Crippen LogP contribution in [0.3, 0.4) is 0 Å². The molecule has 0 aliphatic carbocycles. The molecule has 0 saturated heterocycles. The van der Waals surface area contributed by atoms with Gasteiger partial charge in [-0.3, -0.25) is 24.5 Å². The Morgan fingerprint density at radius 3 is 1.91 bits per heavy atom. The minimum Gasteiger partial charge on any atom is -0.481 e. The molecule has 0 unspecified atom stereocenters. The van der Waals surface area contributed by atoms with E-state index in [1.807, 2.05) is 6.92 Å². The Labute approximate surface area is 133 Å². The maximum Gasteiger partial charge on any atom is 0.306 e. The van der Waals surface area contributed by atoms with Gasteiger partial charge < -0.3 is 14.9 Å². The molecule has 0 aromatic heterocycles. The third kappa shape index (κ3) is 8.74. The van der Waals surface area contributed by atoms with Gasteiger partial charge in [0.25, 0.3) is 0 Å². The molecule has 2 N–H and O–H groups in total. The van der Waals surface area contributed by atoms with Crippen LogP contribution in [0.25, 0.3) is 0 Å². The van der Waals surface area contributed by atoms with Gasteiger partial charge in [0.1, 0.15) is 0 Å². The predicted octanol–water partition coefficient (Wildman–Crippen LogP) is 1.86. The zero-order valence-corrected chi connectivity index (χ0v) is 13.2. The van der Waals surface area contributed by atoms with E-state index in [1.54, 1.807) is 0 Å². The number of carbonyl (C=O) groups is 3. The highest BCUT2D eigenvalue weighted by Gasteiger charge is 2.43. The van der Waals surface area contributed by atoms with E-state index in [4.69, 9.17) is 14.9 Å². The summed E-state index contributed by atoms with van der Waals surface area (Å²) in [5.74, 6) is -3.02. The standard InChI is InChI=1S/C14H23NO8/c1-2-3-10-23-13(20)6-9-14(15(21)22,7-4-11(16)17)8-5-12(18)19/h2-10H2,1H3,(H,16,17)(H,18,19). The summed E-state index contributed by atoms with van der Waals surface area (Å²) in [6, 6.07) is 0. The van der Waals surface area contributed by atoms with Crippen molar-refractivity contribution in [3.05, 3.63) is 10.1 Å². The second-order valence-corrected chi connectivity index (χ2v) is 5.34. The van der Waals surface area contributed by atoms with Gasteiger partial charge in [0, 0.05) is 24.2 Å². The van der Waals surface area contributed by atoms with Gasteiger partial charge in [-0.25, -0.2) is 0 Å². The summed E-state index contributed by atoms with van der Waals surface area (Å²) in [4.78, 5) is 43.7. The fourth-order valence-corrected chi connectivity index (χ4v) is 2.07. The maximum atomic E-state index is 11.6. The maximum absolute atomic E-state index is 11.6. The van der Waals surface area contributed by atoms with Crippen LogP contribution in [-0.4, -0.2) is 45.2 Å². The molecule has 23 heavy (non-hydrogen) atoms. The molecule has 0 amide bonds. The number of nitrogens with zero attached hydrogens (tertiary/aromatic N) is 1. The summed E-state index contributed by atoms with van der Waals surface area (Å²) in [5, 5.41) is 28.8. The van der Waals surface area contributed by atoms with Crippen molar-refractivity contribution in [1.29, 1.82) is 0 Å². The number of hydrogen-bond donors (Lipinski definition) is 2. The van der Waals surface area contributed by atoms with E-state index in [1.165, 1.54) is 0 Å². The van der Waals surface area contributed by atoms with Crippen LogP contribution in [0.1, 0.15) is 58.3 Å². The molecule has 0 saturated carbocycles. The highest BCUT2D eigenvalue weighted by Crippen LogP contribution is 2.29. The van der Waals surface area contributed by atoms with Gasteiger partial charge in [-0.2, -0.15) is 0 Å². The van der Waals surface area contributed by atoms with Crippen molar-refractivity contribution in [1.82, 2.24) is 0 Å². The zero-order valence-electron chi connectivity index (χ0n) is 13.2. The SMILES string of the molecule is CCCCOC(=O)CCC(CCC(=O)O)(CCC(=O)O)[N+](=O)[O-]. The minimum atomic E-state index is -1.75. The smallest absolute Gasteiger partial charge is 0.306 e. The number of aliphatic carboxylic acids is 2. The topological polar surface area (TPSA) is 144 Å². The lowest BCUT2D eigenvalue weighted by Crippen LogP contribution is -2.40. The molecule has 132 valence electrons. The Bertz CT molecular complexity index is 416. The average molecular weight is 333 g/mol. The van der Waals surface area contributed by atoms with E-state index >= 15 is 0 Å². The van der Waals surface area contributed by atoms with Crippen molar-refractivity contribution in [3.63, 3.8) is 0 Å². The van der Waals surface area contributed by atoms with Crippen LogP contribution in [-0.2, 0) is 19.1 Å². The Kier molecular flexibility index (Phi) is 9.52. The van der Waals surface area contributed by atoms with Gasteiger partial charge in [0.15, 0.2) is 0 Å². The average Bonchev–Trinajstić information content (AvgIpc) is 2.46. The van der Waals surface area contributed by atoms with Crippen LogP contribution in [0.2, 0.25) is 0 Å². The van der Waals surface area contributed by atoms with Gasteiger partial charge in [0.05, 0.1) is 25.9 Å². The first-order valence-electron chi connectivity index (χ1n) is 7.47.